The average molecular weight is 382 g/mol. The van der Waals surface area contributed by atoms with E-state index in [2.05, 4.69) is 10.6 Å². The third-order valence-electron chi connectivity index (χ3n) is 3.50. The molecule has 5 nitrogen and oxygen atoms in total. The first-order valence-corrected chi connectivity index (χ1v) is 8.78. The van der Waals surface area contributed by atoms with Crippen molar-refractivity contribution in [1.82, 2.24) is 0 Å². The van der Waals surface area contributed by atoms with Gasteiger partial charge >= 0.3 is 0 Å². The molecular formula is C19H12ClN3O2S. The van der Waals surface area contributed by atoms with Gasteiger partial charge in [0.25, 0.3) is 11.8 Å². The van der Waals surface area contributed by atoms with Gasteiger partial charge in [0.15, 0.2) is 0 Å². The predicted molar refractivity (Wildman–Crippen MR) is 103 cm³/mol. The molecule has 3 aromatic rings. The fraction of sp³-hybridized carbons (Fsp3) is 0. The molecule has 0 bridgehead atoms. The first-order valence-electron chi connectivity index (χ1n) is 7.53. The van der Waals surface area contributed by atoms with Crippen LogP contribution in [0.4, 0.5) is 11.4 Å². The van der Waals surface area contributed by atoms with Crippen LogP contribution in [0.1, 0.15) is 25.6 Å². The Bertz CT molecular complexity index is 993. The molecule has 0 aliphatic heterocycles. The summed E-state index contributed by atoms with van der Waals surface area (Å²) in [4.78, 5) is 24.9. The van der Waals surface area contributed by atoms with Crippen molar-refractivity contribution in [2.24, 2.45) is 0 Å². The van der Waals surface area contributed by atoms with E-state index < -0.39 is 0 Å². The first kappa shape index (κ1) is 17.7. The summed E-state index contributed by atoms with van der Waals surface area (Å²) in [5, 5.41) is 16.5. The minimum absolute atomic E-state index is 0.190. The highest BCUT2D eigenvalue weighted by molar-refractivity contribution is 7.12. The molecule has 2 aromatic carbocycles. The van der Waals surface area contributed by atoms with Gasteiger partial charge < -0.3 is 10.6 Å². The van der Waals surface area contributed by atoms with Gasteiger partial charge in [-0.15, -0.1) is 11.3 Å². The van der Waals surface area contributed by atoms with Crippen LogP contribution in [-0.4, -0.2) is 11.8 Å². The summed E-state index contributed by atoms with van der Waals surface area (Å²) < 4.78 is 0. The van der Waals surface area contributed by atoms with E-state index in [9.17, 15) is 9.59 Å². The number of benzene rings is 2. The van der Waals surface area contributed by atoms with Crippen LogP contribution in [0.5, 0.6) is 0 Å². The van der Waals surface area contributed by atoms with Crippen LogP contribution < -0.4 is 10.6 Å². The van der Waals surface area contributed by atoms with Gasteiger partial charge in [-0.25, -0.2) is 0 Å². The smallest absolute Gasteiger partial charge is 0.265 e. The highest BCUT2D eigenvalue weighted by Crippen LogP contribution is 2.21. The molecule has 0 fully saturated rings. The molecule has 2 N–H and O–H groups in total. The summed E-state index contributed by atoms with van der Waals surface area (Å²) in [6.07, 6.45) is 0. The molecule has 0 saturated carbocycles. The van der Waals surface area contributed by atoms with Crippen LogP contribution in [-0.2, 0) is 0 Å². The monoisotopic (exact) mass is 381 g/mol. The van der Waals surface area contributed by atoms with Crippen LogP contribution in [0.25, 0.3) is 0 Å². The summed E-state index contributed by atoms with van der Waals surface area (Å²) in [5.41, 5.74) is 1.87. The molecule has 0 unspecified atom stereocenters. The number of anilines is 2. The molecular weight excluding hydrogens is 370 g/mol. The number of hydrogen-bond donors (Lipinski definition) is 2. The molecule has 0 atom stereocenters. The van der Waals surface area contributed by atoms with E-state index in [1.807, 2.05) is 17.5 Å². The number of hydrogen-bond acceptors (Lipinski definition) is 4. The number of thiophene rings is 1. The highest BCUT2D eigenvalue weighted by atomic mass is 35.5. The third kappa shape index (κ3) is 4.09. The van der Waals surface area contributed by atoms with Crippen molar-refractivity contribution in [3.05, 3.63) is 81.0 Å². The third-order valence-corrected chi connectivity index (χ3v) is 4.68. The van der Waals surface area contributed by atoms with E-state index >= 15 is 0 Å². The SMILES string of the molecule is N#Cc1ccc(NC(=O)c2ccc(NC(=O)c3cccs3)cc2)cc1Cl. The van der Waals surface area contributed by atoms with Gasteiger partial charge in [0.05, 0.1) is 15.5 Å². The van der Waals surface area contributed by atoms with Crippen molar-refractivity contribution in [2.45, 2.75) is 0 Å². The van der Waals surface area contributed by atoms with Gasteiger partial charge in [-0.3, -0.25) is 9.59 Å². The molecule has 2 amide bonds. The van der Waals surface area contributed by atoms with Crippen LogP contribution in [0.3, 0.4) is 0 Å². The Hall–Kier alpha value is -3.14. The van der Waals surface area contributed by atoms with Gasteiger partial charge in [0.2, 0.25) is 0 Å². The van der Waals surface area contributed by atoms with Crippen LogP contribution >= 0.6 is 22.9 Å². The lowest BCUT2D eigenvalue weighted by molar-refractivity contribution is 0.102. The Morgan fingerprint density at radius 2 is 1.65 bits per heavy atom. The Morgan fingerprint density at radius 3 is 2.27 bits per heavy atom. The molecule has 3 rings (SSSR count). The zero-order valence-corrected chi connectivity index (χ0v) is 14.9. The molecule has 0 saturated heterocycles. The van der Waals surface area contributed by atoms with E-state index in [1.165, 1.54) is 17.4 Å². The zero-order valence-electron chi connectivity index (χ0n) is 13.3. The van der Waals surface area contributed by atoms with Gasteiger partial charge in [0.1, 0.15) is 6.07 Å². The summed E-state index contributed by atoms with van der Waals surface area (Å²) in [7, 11) is 0. The van der Waals surface area contributed by atoms with Crippen molar-refractivity contribution in [3.8, 4) is 6.07 Å². The second-order valence-corrected chi connectivity index (χ2v) is 6.62. The molecule has 0 radical (unpaired) electrons. The molecule has 7 heteroatoms. The molecule has 128 valence electrons. The molecule has 1 heterocycles. The van der Waals surface area contributed by atoms with Crippen LogP contribution in [0.2, 0.25) is 5.02 Å². The molecule has 0 aliphatic carbocycles. The fourth-order valence-electron chi connectivity index (χ4n) is 2.19. The largest absolute Gasteiger partial charge is 0.322 e. The molecule has 0 spiro atoms. The Balaban J connectivity index is 1.66. The Kier molecular flexibility index (Phi) is 5.32. The first-order chi connectivity index (χ1) is 12.6. The van der Waals surface area contributed by atoms with E-state index in [0.717, 1.165) is 0 Å². The average Bonchev–Trinajstić information content (AvgIpc) is 3.17. The van der Waals surface area contributed by atoms with Crippen molar-refractivity contribution in [3.63, 3.8) is 0 Å². The number of nitrogens with zero attached hydrogens (tertiary/aromatic N) is 1. The maximum atomic E-state index is 12.3. The van der Waals surface area contributed by atoms with Gasteiger partial charge in [0, 0.05) is 16.9 Å². The van der Waals surface area contributed by atoms with Crippen molar-refractivity contribution >= 4 is 46.1 Å². The number of halogens is 1. The minimum Gasteiger partial charge on any atom is -0.322 e. The maximum absolute atomic E-state index is 12.3. The lowest BCUT2D eigenvalue weighted by Crippen LogP contribution is -2.13. The standard InChI is InChI=1S/C19H12ClN3O2S/c20-16-10-15(8-5-13(16)11-21)23-18(24)12-3-6-14(7-4-12)22-19(25)17-2-1-9-26-17/h1-10H,(H,22,25)(H,23,24). The van der Waals surface area contributed by atoms with Crippen molar-refractivity contribution < 1.29 is 9.59 Å². The number of rotatable bonds is 4. The van der Waals surface area contributed by atoms with Crippen molar-refractivity contribution in [2.75, 3.05) is 10.6 Å². The zero-order chi connectivity index (χ0) is 18.5. The predicted octanol–water partition coefficient (Wildman–Crippen LogP) is 4.78. The second-order valence-electron chi connectivity index (χ2n) is 5.27. The van der Waals surface area contributed by atoms with Crippen LogP contribution in [0.15, 0.2) is 60.0 Å². The molecule has 26 heavy (non-hydrogen) atoms. The Labute approximate surface area is 158 Å². The molecule has 1 aromatic heterocycles. The summed E-state index contributed by atoms with van der Waals surface area (Å²) >= 11 is 7.31. The number of nitriles is 1. The number of nitrogens with one attached hydrogen (secondary N) is 2. The number of carbonyl (C=O) groups is 2. The summed E-state index contributed by atoms with van der Waals surface area (Å²) in [6.45, 7) is 0. The topological polar surface area (TPSA) is 82.0 Å². The maximum Gasteiger partial charge on any atom is 0.265 e. The lowest BCUT2D eigenvalue weighted by atomic mass is 10.1. The van der Waals surface area contributed by atoms with E-state index in [-0.39, 0.29) is 16.8 Å². The van der Waals surface area contributed by atoms with Gasteiger partial charge in [-0.05, 0) is 53.9 Å². The normalized spacial score (nSPS) is 10.0. The minimum atomic E-state index is -0.318. The Morgan fingerprint density at radius 1 is 0.962 bits per heavy atom. The van der Waals surface area contributed by atoms with Gasteiger partial charge in [-0.2, -0.15) is 5.26 Å². The van der Waals surface area contributed by atoms with E-state index in [4.69, 9.17) is 16.9 Å². The van der Waals surface area contributed by atoms with Crippen molar-refractivity contribution in [1.29, 1.82) is 5.26 Å². The molecule has 0 aliphatic rings. The fourth-order valence-corrected chi connectivity index (χ4v) is 3.03. The quantitative estimate of drug-likeness (QED) is 0.682. The highest BCUT2D eigenvalue weighted by Gasteiger charge is 2.10. The van der Waals surface area contributed by atoms with E-state index in [0.29, 0.717) is 27.4 Å². The van der Waals surface area contributed by atoms with Gasteiger partial charge in [-0.1, -0.05) is 17.7 Å². The second kappa shape index (κ2) is 7.83. The van der Waals surface area contributed by atoms with Crippen LogP contribution in [0, 0.1) is 11.3 Å². The number of carbonyl (C=O) groups excluding carboxylic acids is 2. The lowest BCUT2D eigenvalue weighted by Gasteiger charge is -2.08. The summed E-state index contributed by atoms with van der Waals surface area (Å²) in [5.74, 6) is -0.508. The number of amides is 2. The van der Waals surface area contributed by atoms with E-state index in [1.54, 1.807) is 42.5 Å². The summed E-state index contributed by atoms with van der Waals surface area (Å²) in [6, 6.07) is 16.7.